The fourth-order valence-electron chi connectivity index (χ4n) is 1.70. The fourth-order valence-corrected chi connectivity index (χ4v) is 1.70. The molecule has 1 aromatic heterocycles. The molecule has 0 bridgehead atoms. The van der Waals surface area contributed by atoms with Crippen molar-refractivity contribution in [2.75, 3.05) is 6.54 Å². The third-order valence-corrected chi connectivity index (χ3v) is 2.74. The molecular formula is C13H23N3O2. The smallest absolute Gasteiger partial charge is 0.328 e. The quantitative estimate of drug-likeness (QED) is 0.794. The Bertz CT molecular complexity index is 432. The van der Waals surface area contributed by atoms with Crippen molar-refractivity contribution < 1.29 is 4.79 Å². The number of rotatable bonds is 7. The van der Waals surface area contributed by atoms with Crippen LogP contribution in [-0.2, 0) is 17.9 Å². The van der Waals surface area contributed by atoms with Gasteiger partial charge in [0.2, 0.25) is 5.91 Å². The van der Waals surface area contributed by atoms with Gasteiger partial charge in [-0.15, -0.1) is 0 Å². The van der Waals surface area contributed by atoms with Crippen molar-refractivity contribution in [1.82, 2.24) is 14.5 Å². The molecule has 0 saturated carbocycles. The maximum Gasteiger partial charge on any atom is 0.328 e. The van der Waals surface area contributed by atoms with Crippen LogP contribution in [0.3, 0.4) is 0 Å². The summed E-state index contributed by atoms with van der Waals surface area (Å²) in [5.41, 5.74) is -0.115. The Morgan fingerprint density at radius 1 is 1.33 bits per heavy atom. The topological polar surface area (TPSA) is 56.0 Å². The predicted octanol–water partition coefficient (Wildman–Crippen LogP) is 1.22. The molecule has 5 heteroatoms. The van der Waals surface area contributed by atoms with E-state index in [2.05, 4.69) is 19.2 Å². The minimum Gasteiger partial charge on any atom is -0.355 e. The maximum atomic E-state index is 11.8. The lowest BCUT2D eigenvalue weighted by molar-refractivity contribution is -0.121. The highest BCUT2D eigenvalue weighted by Gasteiger charge is 2.07. The lowest BCUT2D eigenvalue weighted by atomic mass is 10.1. The van der Waals surface area contributed by atoms with E-state index in [1.165, 1.54) is 4.57 Å². The van der Waals surface area contributed by atoms with Gasteiger partial charge >= 0.3 is 5.69 Å². The third kappa shape index (κ3) is 4.39. The number of carbonyl (C=O) groups is 1. The highest BCUT2D eigenvalue weighted by Crippen LogP contribution is 1.96. The van der Waals surface area contributed by atoms with E-state index < -0.39 is 0 Å². The first-order valence-electron chi connectivity index (χ1n) is 6.56. The highest BCUT2D eigenvalue weighted by molar-refractivity contribution is 5.75. The number of aromatic nitrogens is 2. The van der Waals surface area contributed by atoms with E-state index >= 15 is 0 Å². The Kier molecular flexibility index (Phi) is 5.68. The van der Waals surface area contributed by atoms with Gasteiger partial charge in [0.15, 0.2) is 0 Å². The number of aryl methyl sites for hydroxylation is 1. The van der Waals surface area contributed by atoms with Crippen LogP contribution < -0.4 is 11.0 Å². The number of carbonyl (C=O) groups excluding carboxylic acids is 1. The molecule has 1 rings (SSSR count). The monoisotopic (exact) mass is 253 g/mol. The van der Waals surface area contributed by atoms with Gasteiger partial charge in [0.1, 0.15) is 6.54 Å². The zero-order valence-corrected chi connectivity index (χ0v) is 11.5. The van der Waals surface area contributed by atoms with E-state index in [1.807, 2.05) is 6.92 Å². The summed E-state index contributed by atoms with van der Waals surface area (Å²) in [4.78, 5) is 23.5. The van der Waals surface area contributed by atoms with Gasteiger partial charge in [0.25, 0.3) is 0 Å². The molecule has 0 saturated heterocycles. The van der Waals surface area contributed by atoms with Crippen LogP contribution in [0.2, 0.25) is 0 Å². The molecule has 1 aromatic rings. The summed E-state index contributed by atoms with van der Waals surface area (Å²) >= 11 is 0. The molecule has 5 nitrogen and oxygen atoms in total. The van der Waals surface area contributed by atoms with Gasteiger partial charge in [0.05, 0.1) is 0 Å². The van der Waals surface area contributed by atoms with E-state index in [0.717, 1.165) is 12.8 Å². The Labute approximate surface area is 108 Å². The van der Waals surface area contributed by atoms with Crippen molar-refractivity contribution in [3.8, 4) is 0 Å². The number of amides is 1. The molecule has 0 aliphatic carbocycles. The molecule has 18 heavy (non-hydrogen) atoms. The van der Waals surface area contributed by atoms with E-state index in [4.69, 9.17) is 0 Å². The average Bonchev–Trinajstić information content (AvgIpc) is 2.62. The Morgan fingerprint density at radius 2 is 2.00 bits per heavy atom. The molecule has 0 radical (unpaired) electrons. The second-order valence-corrected chi connectivity index (χ2v) is 4.93. The van der Waals surface area contributed by atoms with Gasteiger partial charge in [0, 0.05) is 25.5 Å². The average molecular weight is 253 g/mol. The Balaban J connectivity index is 2.47. The van der Waals surface area contributed by atoms with Crippen molar-refractivity contribution >= 4 is 5.91 Å². The number of hydrogen-bond acceptors (Lipinski definition) is 2. The molecule has 0 aliphatic rings. The molecule has 0 atom stereocenters. The maximum absolute atomic E-state index is 11.8. The molecule has 1 heterocycles. The van der Waals surface area contributed by atoms with Crippen molar-refractivity contribution in [2.45, 2.75) is 46.7 Å². The molecule has 0 fully saturated rings. The van der Waals surface area contributed by atoms with Crippen LogP contribution in [0.25, 0.3) is 0 Å². The lowest BCUT2D eigenvalue weighted by Crippen LogP contribution is -2.33. The van der Waals surface area contributed by atoms with Gasteiger partial charge in [-0.05, 0) is 18.8 Å². The first-order chi connectivity index (χ1) is 8.54. The van der Waals surface area contributed by atoms with Crippen LogP contribution in [-0.4, -0.2) is 21.6 Å². The van der Waals surface area contributed by atoms with Gasteiger partial charge in [-0.1, -0.05) is 20.8 Å². The molecule has 102 valence electrons. The van der Waals surface area contributed by atoms with Gasteiger partial charge < -0.3 is 5.32 Å². The minimum atomic E-state index is -0.115. The van der Waals surface area contributed by atoms with Gasteiger partial charge in [-0.3, -0.25) is 13.9 Å². The second-order valence-electron chi connectivity index (χ2n) is 4.93. The highest BCUT2D eigenvalue weighted by atomic mass is 16.2. The van der Waals surface area contributed by atoms with E-state index in [9.17, 15) is 9.59 Å². The zero-order valence-electron chi connectivity index (χ0n) is 11.5. The van der Waals surface area contributed by atoms with Crippen molar-refractivity contribution in [3.05, 3.63) is 22.9 Å². The summed E-state index contributed by atoms with van der Waals surface area (Å²) in [7, 11) is 0. The van der Waals surface area contributed by atoms with Crippen LogP contribution in [0.1, 0.15) is 33.6 Å². The Morgan fingerprint density at radius 3 is 2.61 bits per heavy atom. The molecule has 1 amide bonds. The number of nitrogens with zero attached hydrogens (tertiary/aromatic N) is 2. The summed E-state index contributed by atoms with van der Waals surface area (Å²) in [5.74, 6) is 0.464. The zero-order chi connectivity index (χ0) is 13.5. The van der Waals surface area contributed by atoms with E-state index in [-0.39, 0.29) is 18.1 Å². The van der Waals surface area contributed by atoms with Crippen LogP contribution in [0, 0.1) is 5.92 Å². The van der Waals surface area contributed by atoms with E-state index in [1.54, 1.807) is 17.0 Å². The van der Waals surface area contributed by atoms with Crippen molar-refractivity contribution in [3.63, 3.8) is 0 Å². The first-order valence-corrected chi connectivity index (χ1v) is 6.56. The molecular weight excluding hydrogens is 230 g/mol. The first kappa shape index (κ1) is 14.5. The summed E-state index contributed by atoms with van der Waals surface area (Å²) < 4.78 is 3.07. The van der Waals surface area contributed by atoms with Crippen LogP contribution in [0.5, 0.6) is 0 Å². The standard InChI is InChI=1S/C13H23N3O2/c1-4-7-15-8-9-16(13(15)18)10-12(17)14-6-5-11(2)3/h8-9,11H,4-7,10H2,1-3H3,(H,14,17). The van der Waals surface area contributed by atoms with Crippen molar-refractivity contribution in [2.24, 2.45) is 5.92 Å². The minimum absolute atomic E-state index is 0.105. The number of nitrogens with one attached hydrogen (secondary N) is 1. The van der Waals surface area contributed by atoms with Crippen LogP contribution in [0.4, 0.5) is 0 Å². The molecule has 0 spiro atoms. The summed E-state index contributed by atoms with van der Waals surface area (Å²) in [6.07, 6.45) is 5.26. The molecule has 0 aliphatic heterocycles. The lowest BCUT2D eigenvalue weighted by Gasteiger charge is -2.07. The number of hydrogen-bond donors (Lipinski definition) is 1. The van der Waals surface area contributed by atoms with Crippen LogP contribution >= 0.6 is 0 Å². The van der Waals surface area contributed by atoms with Gasteiger partial charge in [-0.25, -0.2) is 4.79 Å². The summed E-state index contributed by atoms with van der Waals surface area (Å²) in [6.45, 7) is 7.71. The predicted molar refractivity (Wildman–Crippen MR) is 71.4 cm³/mol. The Hall–Kier alpha value is -1.52. The largest absolute Gasteiger partial charge is 0.355 e. The second kappa shape index (κ2) is 7.03. The van der Waals surface area contributed by atoms with E-state index in [0.29, 0.717) is 19.0 Å². The number of imidazole rings is 1. The normalized spacial score (nSPS) is 10.9. The third-order valence-electron chi connectivity index (χ3n) is 2.74. The SMILES string of the molecule is CCCn1ccn(CC(=O)NCCC(C)C)c1=O. The summed E-state index contributed by atoms with van der Waals surface area (Å²) in [6, 6.07) is 0. The summed E-state index contributed by atoms with van der Waals surface area (Å²) in [5, 5.41) is 2.82. The molecule has 0 unspecified atom stereocenters. The van der Waals surface area contributed by atoms with Crippen LogP contribution in [0.15, 0.2) is 17.2 Å². The van der Waals surface area contributed by atoms with Crippen molar-refractivity contribution in [1.29, 1.82) is 0 Å². The molecule has 0 aromatic carbocycles. The van der Waals surface area contributed by atoms with Gasteiger partial charge in [-0.2, -0.15) is 0 Å². The molecule has 1 N–H and O–H groups in total. The fraction of sp³-hybridized carbons (Fsp3) is 0.692.